The standard InChI is InChI=1S/C14H15FN2O2/c1-9(17-14(18)11-6-4-8-16-11)13-10(15)5-3-7-12(13)19-2/h3-9,16H,1-2H3,(H,17,18). The number of hydrogen-bond donors (Lipinski definition) is 2. The minimum absolute atomic E-state index is 0.289. The van der Waals surface area contributed by atoms with Gasteiger partial charge in [-0.3, -0.25) is 4.79 Å². The zero-order valence-electron chi connectivity index (χ0n) is 10.7. The van der Waals surface area contributed by atoms with E-state index in [1.807, 2.05) is 0 Å². The Hall–Kier alpha value is -2.30. The van der Waals surface area contributed by atoms with E-state index in [2.05, 4.69) is 10.3 Å². The molecule has 0 radical (unpaired) electrons. The quantitative estimate of drug-likeness (QED) is 0.890. The lowest BCUT2D eigenvalue weighted by molar-refractivity contribution is 0.0934. The predicted molar refractivity (Wildman–Crippen MR) is 69.6 cm³/mol. The Labute approximate surface area is 110 Å². The van der Waals surface area contributed by atoms with E-state index in [9.17, 15) is 9.18 Å². The van der Waals surface area contributed by atoms with Gasteiger partial charge in [-0.15, -0.1) is 0 Å². The van der Waals surface area contributed by atoms with Crippen LogP contribution >= 0.6 is 0 Å². The molecule has 5 heteroatoms. The van der Waals surface area contributed by atoms with E-state index in [4.69, 9.17) is 4.74 Å². The fourth-order valence-corrected chi connectivity index (χ4v) is 1.93. The van der Waals surface area contributed by atoms with Crippen molar-refractivity contribution in [2.45, 2.75) is 13.0 Å². The van der Waals surface area contributed by atoms with Crippen molar-refractivity contribution in [1.82, 2.24) is 10.3 Å². The maximum Gasteiger partial charge on any atom is 0.268 e. The summed E-state index contributed by atoms with van der Waals surface area (Å²) < 4.78 is 19.0. The molecule has 0 aliphatic carbocycles. The van der Waals surface area contributed by atoms with Gasteiger partial charge in [0.05, 0.1) is 18.7 Å². The van der Waals surface area contributed by atoms with Crippen molar-refractivity contribution in [2.24, 2.45) is 0 Å². The third-order valence-corrected chi connectivity index (χ3v) is 2.86. The van der Waals surface area contributed by atoms with Gasteiger partial charge in [0.15, 0.2) is 0 Å². The number of amides is 1. The Kier molecular flexibility index (Phi) is 3.85. The summed E-state index contributed by atoms with van der Waals surface area (Å²) >= 11 is 0. The first-order chi connectivity index (χ1) is 9.13. The number of aromatic nitrogens is 1. The van der Waals surface area contributed by atoms with Crippen molar-refractivity contribution in [3.8, 4) is 5.75 Å². The van der Waals surface area contributed by atoms with Crippen LogP contribution in [0.4, 0.5) is 4.39 Å². The van der Waals surface area contributed by atoms with Crippen LogP contribution in [0.2, 0.25) is 0 Å². The maximum absolute atomic E-state index is 13.8. The first kappa shape index (κ1) is 13.1. The van der Waals surface area contributed by atoms with E-state index in [0.717, 1.165) is 0 Å². The van der Waals surface area contributed by atoms with E-state index < -0.39 is 11.9 Å². The summed E-state index contributed by atoms with van der Waals surface area (Å²) in [6, 6.07) is 7.46. The summed E-state index contributed by atoms with van der Waals surface area (Å²) in [5.74, 6) is -0.277. The topological polar surface area (TPSA) is 54.1 Å². The van der Waals surface area contributed by atoms with Gasteiger partial charge in [0.1, 0.15) is 17.3 Å². The van der Waals surface area contributed by atoms with Crippen molar-refractivity contribution in [3.05, 3.63) is 53.6 Å². The van der Waals surface area contributed by atoms with Gasteiger partial charge in [-0.2, -0.15) is 0 Å². The van der Waals surface area contributed by atoms with Crippen LogP contribution in [0.5, 0.6) is 5.75 Å². The molecule has 0 bridgehead atoms. The molecule has 100 valence electrons. The molecule has 1 heterocycles. The highest BCUT2D eigenvalue weighted by Gasteiger charge is 2.19. The second kappa shape index (κ2) is 5.56. The molecule has 1 amide bonds. The highest BCUT2D eigenvalue weighted by Crippen LogP contribution is 2.27. The highest BCUT2D eigenvalue weighted by molar-refractivity contribution is 5.92. The third-order valence-electron chi connectivity index (χ3n) is 2.86. The molecule has 1 aromatic carbocycles. The van der Waals surface area contributed by atoms with Gasteiger partial charge in [0.2, 0.25) is 0 Å². The minimum Gasteiger partial charge on any atom is -0.496 e. The molecule has 0 aliphatic rings. The summed E-state index contributed by atoms with van der Waals surface area (Å²) in [6.07, 6.45) is 1.66. The van der Waals surface area contributed by atoms with Crippen molar-refractivity contribution >= 4 is 5.91 Å². The van der Waals surface area contributed by atoms with Crippen LogP contribution in [0, 0.1) is 5.82 Å². The molecule has 2 aromatic rings. The fourth-order valence-electron chi connectivity index (χ4n) is 1.93. The van der Waals surface area contributed by atoms with Crippen molar-refractivity contribution in [1.29, 1.82) is 0 Å². The van der Waals surface area contributed by atoms with Crippen molar-refractivity contribution < 1.29 is 13.9 Å². The van der Waals surface area contributed by atoms with Gasteiger partial charge in [-0.1, -0.05) is 6.07 Å². The molecule has 0 saturated heterocycles. The van der Waals surface area contributed by atoms with Gasteiger partial charge < -0.3 is 15.0 Å². The van der Waals surface area contributed by atoms with Crippen LogP contribution in [0.1, 0.15) is 29.0 Å². The van der Waals surface area contributed by atoms with E-state index >= 15 is 0 Å². The zero-order chi connectivity index (χ0) is 13.8. The summed E-state index contributed by atoms with van der Waals surface area (Å²) in [5.41, 5.74) is 0.770. The second-order valence-corrected chi connectivity index (χ2v) is 4.13. The lowest BCUT2D eigenvalue weighted by Gasteiger charge is -2.17. The molecule has 2 rings (SSSR count). The smallest absolute Gasteiger partial charge is 0.268 e. The number of H-pyrrole nitrogens is 1. The van der Waals surface area contributed by atoms with Gasteiger partial charge >= 0.3 is 0 Å². The van der Waals surface area contributed by atoms with Crippen LogP contribution in [0.25, 0.3) is 0 Å². The average molecular weight is 262 g/mol. The number of carbonyl (C=O) groups excluding carboxylic acids is 1. The summed E-state index contributed by atoms with van der Waals surface area (Å²) in [4.78, 5) is 14.7. The Morgan fingerprint density at radius 3 is 2.79 bits per heavy atom. The Balaban J connectivity index is 2.21. The Bertz CT molecular complexity index is 567. The van der Waals surface area contributed by atoms with Crippen LogP contribution in [-0.4, -0.2) is 18.0 Å². The van der Waals surface area contributed by atoms with E-state index in [-0.39, 0.29) is 5.91 Å². The largest absolute Gasteiger partial charge is 0.496 e. The second-order valence-electron chi connectivity index (χ2n) is 4.13. The van der Waals surface area contributed by atoms with Gasteiger partial charge in [-0.05, 0) is 31.2 Å². The van der Waals surface area contributed by atoms with Gasteiger partial charge in [0.25, 0.3) is 5.91 Å². The number of aromatic amines is 1. The van der Waals surface area contributed by atoms with Crippen LogP contribution in [0.15, 0.2) is 36.5 Å². The van der Waals surface area contributed by atoms with Gasteiger partial charge in [-0.25, -0.2) is 4.39 Å². The molecule has 0 fully saturated rings. The normalized spacial score (nSPS) is 11.9. The van der Waals surface area contributed by atoms with Crippen LogP contribution in [0.3, 0.4) is 0 Å². The van der Waals surface area contributed by atoms with Crippen molar-refractivity contribution in [2.75, 3.05) is 7.11 Å². The van der Waals surface area contributed by atoms with E-state index in [0.29, 0.717) is 17.0 Å². The molecule has 1 atom stereocenters. The highest BCUT2D eigenvalue weighted by atomic mass is 19.1. The number of nitrogens with one attached hydrogen (secondary N) is 2. The number of hydrogen-bond acceptors (Lipinski definition) is 2. The molecule has 2 N–H and O–H groups in total. The van der Waals surface area contributed by atoms with E-state index in [1.165, 1.54) is 13.2 Å². The first-order valence-corrected chi connectivity index (χ1v) is 5.90. The zero-order valence-corrected chi connectivity index (χ0v) is 10.7. The molecule has 1 aromatic heterocycles. The number of benzene rings is 1. The number of rotatable bonds is 4. The summed E-state index contributed by atoms with van der Waals surface area (Å²) in [6.45, 7) is 1.71. The van der Waals surface area contributed by atoms with Crippen molar-refractivity contribution in [3.63, 3.8) is 0 Å². The Morgan fingerprint density at radius 2 is 2.16 bits per heavy atom. The maximum atomic E-state index is 13.8. The first-order valence-electron chi connectivity index (χ1n) is 5.90. The van der Waals surface area contributed by atoms with Crippen LogP contribution in [-0.2, 0) is 0 Å². The van der Waals surface area contributed by atoms with E-state index in [1.54, 1.807) is 37.4 Å². The molecule has 0 saturated carbocycles. The number of methoxy groups -OCH3 is 1. The SMILES string of the molecule is COc1cccc(F)c1C(C)NC(=O)c1ccc[nH]1. The molecular weight excluding hydrogens is 247 g/mol. The van der Waals surface area contributed by atoms with Gasteiger partial charge in [0, 0.05) is 6.20 Å². The molecule has 0 spiro atoms. The molecule has 1 unspecified atom stereocenters. The number of ether oxygens (including phenoxy) is 1. The molecule has 0 aliphatic heterocycles. The predicted octanol–water partition coefficient (Wildman–Crippen LogP) is 2.65. The summed E-state index contributed by atoms with van der Waals surface area (Å²) in [5, 5.41) is 2.72. The lowest BCUT2D eigenvalue weighted by atomic mass is 10.1. The molecule has 4 nitrogen and oxygen atoms in total. The molecule has 19 heavy (non-hydrogen) atoms. The summed E-state index contributed by atoms with van der Waals surface area (Å²) in [7, 11) is 1.47. The number of halogens is 1. The molecular formula is C14H15FN2O2. The lowest BCUT2D eigenvalue weighted by Crippen LogP contribution is -2.27. The Morgan fingerprint density at radius 1 is 1.37 bits per heavy atom. The van der Waals surface area contributed by atoms with Crippen LogP contribution < -0.4 is 10.1 Å². The fraction of sp³-hybridized carbons (Fsp3) is 0.214. The average Bonchev–Trinajstić information content (AvgIpc) is 2.92. The number of carbonyl (C=O) groups is 1. The monoisotopic (exact) mass is 262 g/mol. The minimum atomic E-state index is -0.494. The third kappa shape index (κ3) is 2.76.